The van der Waals surface area contributed by atoms with E-state index in [-0.39, 0.29) is 11.9 Å². The normalized spacial score (nSPS) is 18.5. The summed E-state index contributed by atoms with van der Waals surface area (Å²) in [5.41, 5.74) is 5.60. The molecule has 0 bridgehead atoms. The lowest BCUT2D eigenvalue weighted by atomic mass is 10.1. The number of nitrogens with zero attached hydrogens (tertiary/aromatic N) is 3. The first-order valence-corrected chi connectivity index (χ1v) is 10.5. The Morgan fingerprint density at radius 1 is 1.29 bits per heavy atom. The van der Waals surface area contributed by atoms with Gasteiger partial charge in [-0.05, 0) is 31.9 Å². The minimum atomic E-state index is -0.894. The maximum atomic E-state index is 12.2. The maximum Gasteiger partial charge on any atom is 0.407 e. The van der Waals surface area contributed by atoms with Crippen molar-refractivity contribution in [3.63, 3.8) is 0 Å². The van der Waals surface area contributed by atoms with Crippen LogP contribution < -0.4 is 10.6 Å². The van der Waals surface area contributed by atoms with E-state index in [1.54, 1.807) is 0 Å². The van der Waals surface area contributed by atoms with Gasteiger partial charge in [-0.2, -0.15) is 0 Å². The van der Waals surface area contributed by atoms with Gasteiger partial charge in [-0.15, -0.1) is 0 Å². The van der Waals surface area contributed by atoms with Crippen LogP contribution in [0.15, 0.2) is 24.3 Å². The molecule has 2 aromatic heterocycles. The number of hydrogen-bond acceptors (Lipinski definition) is 5. The van der Waals surface area contributed by atoms with Crippen LogP contribution in [0.5, 0.6) is 0 Å². The van der Waals surface area contributed by atoms with E-state index in [0.29, 0.717) is 31.0 Å². The fourth-order valence-corrected chi connectivity index (χ4v) is 4.42. The number of para-hydroxylation sites is 1. The molecule has 9 heteroatoms. The van der Waals surface area contributed by atoms with E-state index in [1.807, 2.05) is 31.2 Å². The van der Waals surface area contributed by atoms with E-state index < -0.39 is 6.09 Å². The summed E-state index contributed by atoms with van der Waals surface area (Å²) < 4.78 is 0. The number of benzene rings is 1. The van der Waals surface area contributed by atoms with Gasteiger partial charge in [-0.1, -0.05) is 12.1 Å². The first-order valence-electron chi connectivity index (χ1n) is 10.5. The minimum Gasteiger partial charge on any atom is -0.465 e. The number of rotatable bonds is 3. The number of H-pyrrole nitrogens is 1. The van der Waals surface area contributed by atoms with Crippen LogP contribution in [-0.4, -0.2) is 62.6 Å². The van der Waals surface area contributed by atoms with Crippen molar-refractivity contribution < 1.29 is 14.7 Å². The number of aromatic nitrogens is 3. The summed E-state index contributed by atoms with van der Waals surface area (Å²) >= 11 is 0. The number of carboxylic acid groups (broad SMARTS) is 1. The molecule has 0 aliphatic carbocycles. The highest BCUT2D eigenvalue weighted by Crippen LogP contribution is 2.30. The van der Waals surface area contributed by atoms with Crippen LogP contribution in [0.25, 0.3) is 22.3 Å². The van der Waals surface area contributed by atoms with Crippen molar-refractivity contribution in [2.24, 2.45) is 0 Å². The van der Waals surface area contributed by atoms with Gasteiger partial charge < -0.3 is 25.6 Å². The van der Waals surface area contributed by atoms with Crippen molar-refractivity contribution in [1.82, 2.24) is 25.2 Å². The molecule has 0 radical (unpaired) electrons. The fourth-order valence-electron chi connectivity index (χ4n) is 4.42. The van der Waals surface area contributed by atoms with Crippen molar-refractivity contribution in [2.75, 3.05) is 25.0 Å². The third-order valence-corrected chi connectivity index (χ3v) is 6.00. The van der Waals surface area contributed by atoms with Gasteiger partial charge in [0, 0.05) is 49.0 Å². The zero-order chi connectivity index (χ0) is 21.5. The molecule has 2 amide bonds. The Morgan fingerprint density at radius 2 is 2.16 bits per heavy atom. The third-order valence-electron chi connectivity index (χ3n) is 6.00. The van der Waals surface area contributed by atoms with E-state index in [9.17, 15) is 14.7 Å². The second-order valence-corrected chi connectivity index (χ2v) is 8.12. The number of fused-ring (bicyclic) bond motifs is 2. The van der Waals surface area contributed by atoms with Crippen LogP contribution >= 0.6 is 0 Å². The molecule has 0 saturated carbocycles. The highest BCUT2D eigenvalue weighted by molar-refractivity contribution is 5.99. The second-order valence-electron chi connectivity index (χ2n) is 8.12. The highest BCUT2D eigenvalue weighted by atomic mass is 16.4. The second kappa shape index (κ2) is 7.57. The van der Waals surface area contributed by atoms with E-state index in [0.717, 1.165) is 52.9 Å². The smallest absolute Gasteiger partial charge is 0.407 e. The molecule has 3 aromatic rings. The number of anilines is 1. The Morgan fingerprint density at radius 3 is 2.97 bits per heavy atom. The first kappa shape index (κ1) is 19.3. The monoisotopic (exact) mass is 420 g/mol. The summed E-state index contributed by atoms with van der Waals surface area (Å²) in [5, 5.41) is 15.6. The lowest BCUT2D eigenvalue weighted by Crippen LogP contribution is -2.44. The minimum absolute atomic E-state index is 0.0102. The summed E-state index contributed by atoms with van der Waals surface area (Å²) in [6.45, 7) is 3.51. The van der Waals surface area contributed by atoms with Crippen molar-refractivity contribution in [2.45, 2.75) is 32.2 Å². The van der Waals surface area contributed by atoms with Crippen molar-refractivity contribution in [1.29, 1.82) is 0 Å². The number of carbonyl (C=O) groups is 2. The zero-order valence-electron chi connectivity index (χ0n) is 17.2. The fraction of sp³-hybridized carbons (Fsp3) is 0.364. The molecule has 31 heavy (non-hydrogen) atoms. The molecule has 2 aliphatic heterocycles. The van der Waals surface area contributed by atoms with Crippen LogP contribution in [0, 0.1) is 6.92 Å². The average Bonchev–Trinajstić information content (AvgIpc) is 3.20. The molecule has 160 valence electrons. The number of likely N-dealkylation sites (tertiary alicyclic amines) is 1. The van der Waals surface area contributed by atoms with Gasteiger partial charge in [0.15, 0.2) is 0 Å². The molecule has 1 fully saturated rings. The maximum absolute atomic E-state index is 12.2. The Bertz CT molecular complexity index is 1190. The summed E-state index contributed by atoms with van der Waals surface area (Å²) in [5.74, 6) is 0.597. The van der Waals surface area contributed by atoms with Crippen molar-refractivity contribution >= 4 is 28.9 Å². The van der Waals surface area contributed by atoms with Crippen LogP contribution in [0.2, 0.25) is 0 Å². The number of hydrogen-bond donors (Lipinski definition) is 4. The molecule has 4 heterocycles. The van der Waals surface area contributed by atoms with Crippen LogP contribution in [0.1, 0.15) is 34.6 Å². The summed E-state index contributed by atoms with van der Waals surface area (Å²) in [6, 6.07) is 7.69. The molecule has 1 aromatic carbocycles. The van der Waals surface area contributed by atoms with E-state index >= 15 is 0 Å². The lowest BCUT2D eigenvalue weighted by Gasteiger charge is -2.31. The van der Waals surface area contributed by atoms with E-state index in [2.05, 4.69) is 15.6 Å². The van der Waals surface area contributed by atoms with Crippen LogP contribution in [-0.2, 0) is 6.42 Å². The van der Waals surface area contributed by atoms with Crippen LogP contribution in [0.4, 0.5) is 10.6 Å². The summed E-state index contributed by atoms with van der Waals surface area (Å²) in [4.78, 5) is 37.9. The Kier molecular flexibility index (Phi) is 4.72. The molecule has 4 N–H and O–H groups in total. The lowest BCUT2D eigenvalue weighted by molar-refractivity contribution is 0.0946. The number of amides is 2. The average molecular weight is 420 g/mol. The number of piperidine rings is 1. The number of aromatic amines is 1. The Balaban J connectivity index is 1.51. The molecule has 5 rings (SSSR count). The first-order chi connectivity index (χ1) is 15.0. The van der Waals surface area contributed by atoms with Gasteiger partial charge in [0.1, 0.15) is 11.3 Å². The van der Waals surface area contributed by atoms with Gasteiger partial charge in [-0.3, -0.25) is 4.79 Å². The molecule has 9 nitrogen and oxygen atoms in total. The molecular weight excluding hydrogens is 396 g/mol. The number of aryl methyl sites for hydroxylation is 1. The Hall–Kier alpha value is -3.62. The zero-order valence-corrected chi connectivity index (χ0v) is 17.2. The highest BCUT2D eigenvalue weighted by Gasteiger charge is 2.25. The third kappa shape index (κ3) is 3.56. The summed E-state index contributed by atoms with van der Waals surface area (Å²) in [6.07, 6.45) is 1.56. The standard InChI is InChI=1S/C22H24N6O3/c1-12-20(25-13-4-3-9-28(11-13)22(30)31)27-19-14(5-2-6-17(19)24-12)18-10-15-16(26-18)7-8-23-21(15)29/h2,5-6,10,13,26H,3-4,7-9,11H2,1H3,(H,23,29)(H,25,27)(H,30,31)/t13-/m1/s1. The van der Waals surface area contributed by atoms with E-state index in [4.69, 9.17) is 9.97 Å². The molecule has 0 spiro atoms. The SMILES string of the molecule is Cc1nc2cccc(-c3cc4c([nH]3)CCNC4=O)c2nc1N[C@@H]1CCCN(C(=O)O)C1. The topological polar surface area (TPSA) is 123 Å². The predicted molar refractivity (Wildman–Crippen MR) is 116 cm³/mol. The van der Waals surface area contributed by atoms with Crippen molar-refractivity contribution in [3.8, 4) is 11.3 Å². The molecule has 1 saturated heterocycles. The molecule has 0 unspecified atom stereocenters. The van der Waals surface area contributed by atoms with Crippen molar-refractivity contribution in [3.05, 3.63) is 41.2 Å². The predicted octanol–water partition coefficient (Wildman–Crippen LogP) is 2.77. The summed E-state index contributed by atoms with van der Waals surface area (Å²) in [7, 11) is 0. The quantitative estimate of drug-likeness (QED) is 0.517. The largest absolute Gasteiger partial charge is 0.465 e. The Labute approximate surface area is 178 Å². The van der Waals surface area contributed by atoms with E-state index in [1.165, 1.54) is 4.90 Å². The number of carbonyl (C=O) groups excluding carboxylic acids is 1. The van der Waals surface area contributed by atoms with Gasteiger partial charge in [0.2, 0.25) is 0 Å². The van der Waals surface area contributed by atoms with Gasteiger partial charge in [0.25, 0.3) is 5.91 Å². The van der Waals surface area contributed by atoms with Crippen LogP contribution in [0.3, 0.4) is 0 Å². The number of nitrogens with one attached hydrogen (secondary N) is 3. The van der Waals surface area contributed by atoms with Gasteiger partial charge in [-0.25, -0.2) is 14.8 Å². The molecular formula is C22H24N6O3. The van der Waals surface area contributed by atoms with Gasteiger partial charge >= 0.3 is 6.09 Å². The van der Waals surface area contributed by atoms with Gasteiger partial charge in [0.05, 0.1) is 16.8 Å². The molecule has 2 aliphatic rings. The molecule has 1 atom stereocenters.